The Morgan fingerprint density at radius 1 is 1.26 bits per heavy atom. The first kappa shape index (κ1) is 20.3. The van der Waals surface area contributed by atoms with E-state index in [-0.39, 0.29) is 12.4 Å². The van der Waals surface area contributed by atoms with Crippen molar-refractivity contribution in [2.24, 2.45) is 5.73 Å². The van der Waals surface area contributed by atoms with Crippen LogP contribution in [0.3, 0.4) is 0 Å². The largest absolute Gasteiger partial charge is 0.493 e. The first-order chi connectivity index (χ1) is 10.6. The van der Waals surface area contributed by atoms with Gasteiger partial charge in [0, 0.05) is 32.8 Å². The molecule has 0 spiro atoms. The molecule has 0 bridgehead atoms. The topological polar surface area (TPSA) is 57.0 Å². The van der Waals surface area contributed by atoms with Crippen molar-refractivity contribution < 1.29 is 14.2 Å². The van der Waals surface area contributed by atoms with E-state index < -0.39 is 0 Å². The van der Waals surface area contributed by atoms with Crippen LogP contribution in [0.5, 0.6) is 11.5 Å². The SMILES string of the molecule is COc1ccc(CN2CCC(OC)CC2CN)c(Cl)c1OC.Cl. The number of methoxy groups -OCH3 is 3. The van der Waals surface area contributed by atoms with Gasteiger partial charge < -0.3 is 19.9 Å². The molecular formula is C16H26Cl2N2O3. The Labute approximate surface area is 149 Å². The van der Waals surface area contributed by atoms with E-state index in [9.17, 15) is 0 Å². The van der Waals surface area contributed by atoms with Crippen molar-refractivity contribution in [2.75, 3.05) is 34.4 Å². The highest BCUT2D eigenvalue weighted by atomic mass is 35.5. The smallest absolute Gasteiger partial charge is 0.179 e. The molecule has 0 radical (unpaired) electrons. The van der Waals surface area contributed by atoms with Gasteiger partial charge in [-0.1, -0.05) is 17.7 Å². The van der Waals surface area contributed by atoms with E-state index in [0.717, 1.165) is 31.5 Å². The standard InChI is InChI=1S/C16H25ClN2O3.ClH/c1-20-13-6-7-19(12(8-13)9-18)10-11-4-5-14(21-2)16(22-3)15(11)17;/h4-5,12-13H,6-10,18H2,1-3H3;1H. The number of ether oxygens (including phenoxy) is 3. The van der Waals surface area contributed by atoms with Gasteiger partial charge in [-0.15, -0.1) is 12.4 Å². The molecule has 1 heterocycles. The van der Waals surface area contributed by atoms with E-state index in [2.05, 4.69) is 4.90 Å². The van der Waals surface area contributed by atoms with Gasteiger partial charge in [0.1, 0.15) is 0 Å². The second-order valence-electron chi connectivity index (χ2n) is 5.52. The molecule has 2 N–H and O–H groups in total. The minimum atomic E-state index is 0. The zero-order valence-corrected chi connectivity index (χ0v) is 15.5. The van der Waals surface area contributed by atoms with Crippen molar-refractivity contribution in [3.8, 4) is 11.5 Å². The summed E-state index contributed by atoms with van der Waals surface area (Å²) < 4.78 is 16.1. The molecule has 5 nitrogen and oxygen atoms in total. The van der Waals surface area contributed by atoms with Crippen LogP contribution in [0.15, 0.2) is 12.1 Å². The summed E-state index contributed by atoms with van der Waals surface area (Å²) in [6.07, 6.45) is 2.26. The molecule has 0 aromatic heterocycles. The fraction of sp³-hybridized carbons (Fsp3) is 0.625. The molecule has 23 heavy (non-hydrogen) atoms. The molecule has 1 aliphatic rings. The van der Waals surface area contributed by atoms with Gasteiger partial charge in [-0.05, 0) is 24.5 Å². The Morgan fingerprint density at radius 2 is 2.00 bits per heavy atom. The maximum absolute atomic E-state index is 6.47. The minimum Gasteiger partial charge on any atom is -0.493 e. The van der Waals surface area contributed by atoms with Crippen LogP contribution in [0, 0.1) is 0 Å². The Balaban J connectivity index is 0.00000264. The average molecular weight is 365 g/mol. The fourth-order valence-corrected chi connectivity index (χ4v) is 3.29. The van der Waals surface area contributed by atoms with Crippen LogP contribution in [0.4, 0.5) is 0 Å². The number of hydrogen-bond donors (Lipinski definition) is 1. The number of piperidine rings is 1. The van der Waals surface area contributed by atoms with Gasteiger partial charge >= 0.3 is 0 Å². The van der Waals surface area contributed by atoms with E-state index >= 15 is 0 Å². The number of nitrogens with two attached hydrogens (primary N) is 1. The van der Waals surface area contributed by atoms with Crippen molar-refractivity contribution >= 4 is 24.0 Å². The molecule has 1 aromatic carbocycles. The first-order valence-electron chi connectivity index (χ1n) is 7.50. The summed E-state index contributed by atoms with van der Waals surface area (Å²) in [4.78, 5) is 2.36. The summed E-state index contributed by atoms with van der Waals surface area (Å²) in [5.74, 6) is 1.22. The van der Waals surface area contributed by atoms with Crippen LogP contribution in [-0.4, -0.2) is 51.5 Å². The lowest BCUT2D eigenvalue weighted by atomic mass is 9.98. The highest BCUT2D eigenvalue weighted by Crippen LogP contribution is 2.38. The lowest BCUT2D eigenvalue weighted by Gasteiger charge is -2.38. The number of halogens is 2. The Morgan fingerprint density at radius 3 is 2.57 bits per heavy atom. The van der Waals surface area contributed by atoms with E-state index in [0.29, 0.717) is 35.2 Å². The number of benzene rings is 1. The van der Waals surface area contributed by atoms with Crippen LogP contribution in [0.2, 0.25) is 5.02 Å². The predicted molar refractivity (Wildman–Crippen MR) is 95.1 cm³/mol. The van der Waals surface area contributed by atoms with E-state index in [1.807, 2.05) is 12.1 Å². The Bertz CT molecular complexity index is 502. The molecule has 132 valence electrons. The summed E-state index contributed by atoms with van der Waals surface area (Å²) in [7, 11) is 4.97. The molecule has 2 atom stereocenters. The highest BCUT2D eigenvalue weighted by Gasteiger charge is 2.28. The molecule has 0 saturated carbocycles. The molecule has 2 unspecified atom stereocenters. The number of hydrogen-bond acceptors (Lipinski definition) is 5. The van der Waals surface area contributed by atoms with Crippen LogP contribution < -0.4 is 15.2 Å². The Hall–Kier alpha value is -0.720. The van der Waals surface area contributed by atoms with Crippen LogP contribution in [0.1, 0.15) is 18.4 Å². The van der Waals surface area contributed by atoms with Crippen LogP contribution >= 0.6 is 24.0 Å². The van der Waals surface area contributed by atoms with Crippen molar-refractivity contribution in [3.05, 3.63) is 22.7 Å². The second-order valence-corrected chi connectivity index (χ2v) is 5.89. The van der Waals surface area contributed by atoms with Gasteiger partial charge in [0.05, 0.1) is 25.3 Å². The molecule has 0 aliphatic carbocycles. The van der Waals surface area contributed by atoms with E-state index in [4.69, 9.17) is 31.5 Å². The molecular weight excluding hydrogens is 339 g/mol. The molecule has 1 fully saturated rings. The normalized spacial score (nSPS) is 21.6. The van der Waals surface area contributed by atoms with E-state index in [1.54, 1.807) is 21.3 Å². The lowest BCUT2D eigenvalue weighted by molar-refractivity contribution is 0.0102. The Kier molecular flexibility index (Phi) is 8.44. The monoisotopic (exact) mass is 364 g/mol. The van der Waals surface area contributed by atoms with Crippen molar-refractivity contribution in [3.63, 3.8) is 0 Å². The summed E-state index contributed by atoms with van der Waals surface area (Å²) >= 11 is 6.47. The summed E-state index contributed by atoms with van der Waals surface area (Å²) in [5.41, 5.74) is 6.95. The maximum Gasteiger partial charge on any atom is 0.179 e. The first-order valence-corrected chi connectivity index (χ1v) is 7.88. The van der Waals surface area contributed by atoms with Crippen LogP contribution in [0.25, 0.3) is 0 Å². The third-order valence-corrected chi connectivity index (χ3v) is 4.75. The highest BCUT2D eigenvalue weighted by molar-refractivity contribution is 6.33. The lowest BCUT2D eigenvalue weighted by Crippen LogP contribution is -2.48. The zero-order chi connectivity index (χ0) is 16.1. The summed E-state index contributed by atoms with van der Waals surface area (Å²) in [6.45, 7) is 2.31. The van der Waals surface area contributed by atoms with E-state index in [1.165, 1.54) is 0 Å². The van der Waals surface area contributed by atoms with Crippen molar-refractivity contribution in [1.29, 1.82) is 0 Å². The number of rotatable bonds is 6. The van der Waals surface area contributed by atoms with Gasteiger partial charge in [0.15, 0.2) is 11.5 Å². The zero-order valence-electron chi connectivity index (χ0n) is 13.9. The predicted octanol–water partition coefficient (Wildman–Crippen LogP) is 2.72. The molecule has 0 amide bonds. The average Bonchev–Trinajstić information content (AvgIpc) is 2.56. The van der Waals surface area contributed by atoms with Crippen LogP contribution in [-0.2, 0) is 11.3 Å². The summed E-state index contributed by atoms with van der Waals surface area (Å²) in [6, 6.07) is 4.18. The van der Waals surface area contributed by atoms with Gasteiger partial charge in [-0.3, -0.25) is 4.90 Å². The van der Waals surface area contributed by atoms with Crippen molar-refractivity contribution in [1.82, 2.24) is 4.90 Å². The third-order valence-electron chi connectivity index (χ3n) is 4.33. The molecule has 1 saturated heterocycles. The molecule has 2 rings (SSSR count). The fourth-order valence-electron chi connectivity index (χ4n) is 3.00. The molecule has 7 heteroatoms. The maximum atomic E-state index is 6.47. The quantitative estimate of drug-likeness (QED) is 0.840. The summed E-state index contributed by atoms with van der Waals surface area (Å²) in [5, 5.41) is 0.603. The number of nitrogens with zero attached hydrogens (tertiary/aromatic N) is 1. The minimum absolute atomic E-state index is 0. The number of likely N-dealkylation sites (tertiary alicyclic amines) is 1. The third kappa shape index (κ3) is 4.64. The molecule has 1 aromatic rings. The van der Waals surface area contributed by atoms with Gasteiger partial charge in [-0.2, -0.15) is 0 Å². The van der Waals surface area contributed by atoms with Gasteiger partial charge in [0.2, 0.25) is 0 Å². The van der Waals surface area contributed by atoms with Crippen molar-refractivity contribution in [2.45, 2.75) is 31.5 Å². The molecule has 1 aliphatic heterocycles. The van der Waals surface area contributed by atoms with Gasteiger partial charge in [-0.25, -0.2) is 0 Å². The second kappa shape index (κ2) is 9.55. The van der Waals surface area contributed by atoms with Gasteiger partial charge in [0.25, 0.3) is 0 Å².